The van der Waals surface area contributed by atoms with Gasteiger partial charge in [0.25, 0.3) is 0 Å². The Hall–Kier alpha value is -1.84. The molecule has 2 aromatic carbocycles. The van der Waals surface area contributed by atoms with Crippen LogP contribution in [0.15, 0.2) is 53.5 Å². The van der Waals surface area contributed by atoms with Gasteiger partial charge in [0.05, 0.1) is 6.61 Å². The Morgan fingerprint density at radius 3 is 2.52 bits per heavy atom. The summed E-state index contributed by atoms with van der Waals surface area (Å²) in [7, 11) is 0. The molecule has 3 nitrogen and oxygen atoms in total. The highest BCUT2D eigenvalue weighted by Crippen LogP contribution is 2.29. The third-order valence-electron chi connectivity index (χ3n) is 4.16. The number of halogens is 1. The van der Waals surface area contributed by atoms with Crippen molar-refractivity contribution in [2.75, 3.05) is 13.2 Å². The maximum absolute atomic E-state index is 6.04. The van der Waals surface area contributed by atoms with Gasteiger partial charge >= 0.3 is 0 Å². The normalized spacial score (nSPS) is 21.0. The average molecular weight is 329 g/mol. The molecule has 4 heteroatoms. The zero-order chi connectivity index (χ0) is 16.3. The number of amidine groups is 1. The maximum Gasteiger partial charge on any atom is 0.121 e. The lowest BCUT2D eigenvalue weighted by Crippen LogP contribution is -2.37. The molecule has 0 aromatic heterocycles. The molecule has 0 aliphatic carbocycles. The van der Waals surface area contributed by atoms with Crippen LogP contribution in [0.2, 0.25) is 5.02 Å². The van der Waals surface area contributed by atoms with Gasteiger partial charge in [-0.3, -0.25) is 4.99 Å². The molecule has 0 fully saturated rings. The van der Waals surface area contributed by atoms with Crippen molar-refractivity contribution in [2.45, 2.75) is 25.3 Å². The zero-order valence-corrected chi connectivity index (χ0v) is 14.0. The molecule has 0 saturated carbocycles. The quantitative estimate of drug-likeness (QED) is 0.929. The van der Waals surface area contributed by atoms with Crippen LogP contribution in [0.3, 0.4) is 0 Å². The molecule has 1 atom stereocenters. The number of rotatable bonds is 4. The molecule has 0 saturated heterocycles. The minimum Gasteiger partial charge on any atom is -0.386 e. The second kappa shape index (κ2) is 6.73. The molecule has 1 aliphatic heterocycles. The fourth-order valence-electron chi connectivity index (χ4n) is 2.93. The fourth-order valence-corrected chi connectivity index (χ4v) is 3.14. The van der Waals surface area contributed by atoms with E-state index in [9.17, 15) is 0 Å². The van der Waals surface area contributed by atoms with Gasteiger partial charge in [-0.1, -0.05) is 48.0 Å². The highest BCUT2D eigenvalue weighted by molar-refractivity contribution is 6.30. The third-order valence-corrected chi connectivity index (χ3v) is 4.40. The Morgan fingerprint density at radius 2 is 1.83 bits per heavy atom. The number of nitrogens with two attached hydrogens (primary N) is 1. The topological polar surface area (TPSA) is 47.6 Å². The summed E-state index contributed by atoms with van der Waals surface area (Å²) in [6.45, 7) is 3.05. The summed E-state index contributed by atoms with van der Waals surface area (Å²) in [6.07, 6.45) is 1.92. The van der Waals surface area contributed by atoms with Crippen LogP contribution in [0.5, 0.6) is 0 Å². The number of hydrogen-bond acceptors (Lipinski definition) is 3. The average Bonchev–Trinajstić information content (AvgIpc) is 2.53. The molecule has 120 valence electrons. The molecule has 0 radical (unpaired) electrons. The van der Waals surface area contributed by atoms with Crippen LogP contribution < -0.4 is 5.73 Å². The summed E-state index contributed by atoms with van der Waals surface area (Å²) in [4.78, 5) is 4.61. The van der Waals surface area contributed by atoms with Crippen molar-refractivity contribution in [1.29, 1.82) is 0 Å². The molecule has 1 aliphatic rings. The van der Waals surface area contributed by atoms with Crippen LogP contribution in [0.4, 0.5) is 0 Å². The van der Waals surface area contributed by atoms with Gasteiger partial charge in [0.1, 0.15) is 18.0 Å². The van der Waals surface area contributed by atoms with Gasteiger partial charge in [0.2, 0.25) is 0 Å². The second-order valence-electron chi connectivity index (χ2n) is 6.20. The van der Waals surface area contributed by atoms with Crippen molar-refractivity contribution in [3.05, 3.63) is 70.2 Å². The number of ether oxygens (including phenoxy) is 1. The van der Waals surface area contributed by atoms with Crippen LogP contribution in [-0.4, -0.2) is 19.0 Å². The largest absolute Gasteiger partial charge is 0.386 e. The van der Waals surface area contributed by atoms with Crippen LogP contribution in [0.1, 0.15) is 23.6 Å². The SMILES string of the molecule is CC1(c2cccc(CCc3cccc(Cl)c3)c2)COCC(N)=N1. The van der Waals surface area contributed by atoms with Crippen LogP contribution in [0, 0.1) is 0 Å². The molecule has 0 bridgehead atoms. The van der Waals surface area contributed by atoms with E-state index in [0.717, 1.165) is 23.4 Å². The molecule has 23 heavy (non-hydrogen) atoms. The highest BCUT2D eigenvalue weighted by atomic mass is 35.5. The van der Waals surface area contributed by atoms with Gasteiger partial charge in [0.15, 0.2) is 0 Å². The van der Waals surface area contributed by atoms with Crippen LogP contribution >= 0.6 is 11.6 Å². The van der Waals surface area contributed by atoms with Crippen molar-refractivity contribution in [3.8, 4) is 0 Å². The maximum atomic E-state index is 6.04. The van der Waals surface area contributed by atoms with Gasteiger partial charge in [-0.25, -0.2) is 0 Å². The first kappa shape index (κ1) is 16.0. The second-order valence-corrected chi connectivity index (χ2v) is 6.64. The summed E-state index contributed by atoms with van der Waals surface area (Å²) in [5.41, 5.74) is 9.12. The van der Waals surface area contributed by atoms with E-state index in [0.29, 0.717) is 19.0 Å². The van der Waals surface area contributed by atoms with Crippen LogP contribution in [0.25, 0.3) is 0 Å². The van der Waals surface area contributed by atoms with E-state index in [1.807, 2.05) is 18.2 Å². The minimum atomic E-state index is -0.394. The van der Waals surface area contributed by atoms with E-state index in [-0.39, 0.29) is 0 Å². The van der Waals surface area contributed by atoms with E-state index < -0.39 is 5.54 Å². The Labute approximate surface area is 142 Å². The third kappa shape index (κ3) is 3.92. The van der Waals surface area contributed by atoms with Gasteiger partial charge < -0.3 is 10.5 Å². The Morgan fingerprint density at radius 1 is 1.13 bits per heavy atom. The van der Waals surface area contributed by atoms with Crippen molar-refractivity contribution >= 4 is 17.4 Å². The zero-order valence-electron chi connectivity index (χ0n) is 13.3. The first-order valence-electron chi connectivity index (χ1n) is 7.81. The number of benzene rings is 2. The smallest absolute Gasteiger partial charge is 0.121 e. The molecule has 1 unspecified atom stereocenters. The van der Waals surface area contributed by atoms with E-state index in [2.05, 4.69) is 42.2 Å². The molecule has 3 rings (SSSR count). The summed E-state index contributed by atoms with van der Waals surface area (Å²) in [5.74, 6) is 0.558. The van der Waals surface area contributed by atoms with Gasteiger partial charge in [-0.2, -0.15) is 0 Å². The Balaban J connectivity index is 1.76. The van der Waals surface area contributed by atoms with Gasteiger partial charge in [-0.05, 0) is 48.6 Å². The number of nitrogens with zero attached hydrogens (tertiary/aromatic N) is 1. The Kier molecular flexibility index (Phi) is 4.69. The number of aliphatic imine (C=N–C) groups is 1. The van der Waals surface area contributed by atoms with Gasteiger partial charge in [-0.15, -0.1) is 0 Å². The molecule has 0 spiro atoms. The fraction of sp³-hybridized carbons (Fsp3) is 0.316. The summed E-state index contributed by atoms with van der Waals surface area (Å²) in [5, 5.41) is 0.785. The monoisotopic (exact) mass is 328 g/mol. The lowest BCUT2D eigenvalue weighted by atomic mass is 9.90. The highest BCUT2D eigenvalue weighted by Gasteiger charge is 2.29. The Bertz CT molecular complexity index is 729. The predicted molar refractivity (Wildman–Crippen MR) is 95.1 cm³/mol. The van der Waals surface area contributed by atoms with Crippen LogP contribution in [-0.2, 0) is 23.1 Å². The number of aryl methyl sites for hydroxylation is 2. The van der Waals surface area contributed by atoms with Crippen molar-refractivity contribution in [1.82, 2.24) is 0 Å². The predicted octanol–water partition coefficient (Wildman–Crippen LogP) is 3.73. The van der Waals surface area contributed by atoms with E-state index in [4.69, 9.17) is 22.1 Å². The molecule has 1 heterocycles. The molecular formula is C19H21ClN2O. The molecule has 2 N–H and O–H groups in total. The van der Waals surface area contributed by atoms with E-state index in [1.165, 1.54) is 11.1 Å². The van der Waals surface area contributed by atoms with Gasteiger partial charge in [0, 0.05) is 5.02 Å². The van der Waals surface area contributed by atoms with E-state index in [1.54, 1.807) is 0 Å². The first-order chi connectivity index (χ1) is 11.0. The standard InChI is InChI=1S/C19H21ClN2O/c1-19(13-23-12-18(21)22-19)16-6-2-4-14(10-16)8-9-15-5-3-7-17(20)11-15/h2-7,10-11H,8-9,12-13H2,1H3,(H2,21,22). The summed E-state index contributed by atoms with van der Waals surface area (Å²) >= 11 is 6.04. The molecule has 2 aromatic rings. The first-order valence-corrected chi connectivity index (χ1v) is 8.19. The molecular weight excluding hydrogens is 308 g/mol. The number of hydrogen-bond donors (Lipinski definition) is 1. The minimum absolute atomic E-state index is 0.394. The lowest BCUT2D eigenvalue weighted by Gasteiger charge is -2.30. The van der Waals surface area contributed by atoms with Crippen molar-refractivity contribution in [3.63, 3.8) is 0 Å². The van der Waals surface area contributed by atoms with E-state index >= 15 is 0 Å². The summed E-state index contributed by atoms with van der Waals surface area (Å²) in [6, 6.07) is 16.5. The summed E-state index contributed by atoms with van der Waals surface area (Å²) < 4.78 is 5.56. The lowest BCUT2D eigenvalue weighted by molar-refractivity contribution is 0.106. The van der Waals surface area contributed by atoms with Crippen molar-refractivity contribution < 1.29 is 4.74 Å². The molecule has 0 amide bonds. The van der Waals surface area contributed by atoms with Crippen molar-refractivity contribution in [2.24, 2.45) is 10.7 Å².